The van der Waals surface area contributed by atoms with Crippen LogP contribution in [-0.2, 0) is 10.2 Å². The molecule has 0 aliphatic rings. The highest BCUT2D eigenvalue weighted by atomic mass is 16.4. The topological polar surface area (TPSA) is 37.3 Å². The van der Waals surface area contributed by atoms with Crippen molar-refractivity contribution in [3.05, 3.63) is 48.0 Å². The molecule has 0 aliphatic heterocycles. The number of hydrogen-bond donors (Lipinski definition) is 1. The van der Waals surface area contributed by atoms with Crippen LogP contribution < -0.4 is 0 Å². The number of carbonyl (C=O) groups is 1. The third-order valence-corrected chi connectivity index (χ3v) is 3.95. The maximum Gasteiger partial charge on any atom is 0.314 e. The summed E-state index contributed by atoms with van der Waals surface area (Å²) in [4.78, 5) is 11.6. The Morgan fingerprint density at radius 1 is 1.11 bits per heavy atom. The van der Waals surface area contributed by atoms with Gasteiger partial charge in [0.1, 0.15) is 0 Å². The first-order valence-corrected chi connectivity index (χ1v) is 6.19. The van der Waals surface area contributed by atoms with Crippen LogP contribution in [-0.4, -0.2) is 11.1 Å². The lowest BCUT2D eigenvalue weighted by Crippen LogP contribution is -2.37. The molecule has 94 valence electrons. The van der Waals surface area contributed by atoms with Crippen LogP contribution in [0.1, 0.15) is 26.3 Å². The molecular weight excluding hydrogens is 224 g/mol. The van der Waals surface area contributed by atoms with Crippen molar-refractivity contribution in [3.63, 3.8) is 0 Å². The number of rotatable bonds is 3. The molecule has 0 saturated carbocycles. The van der Waals surface area contributed by atoms with Crippen LogP contribution in [0.2, 0.25) is 0 Å². The van der Waals surface area contributed by atoms with Crippen molar-refractivity contribution in [1.82, 2.24) is 0 Å². The van der Waals surface area contributed by atoms with Gasteiger partial charge in [0.2, 0.25) is 0 Å². The largest absolute Gasteiger partial charge is 0.481 e. The quantitative estimate of drug-likeness (QED) is 0.888. The minimum Gasteiger partial charge on any atom is -0.481 e. The van der Waals surface area contributed by atoms with Crippen LogP contribution in [0, 0.1) is 5.92 Å². The summed E-state index contributed by atoms with van der Waals surface area (Å²) in [5, 5.41) is 11.8. The van der Waals surface area contributed by atoms with E-state index >= 15 is 0 Å². The highest BCUT2D eigenvalue weighted by Gasteiger charge is 2.38. The molecule has 2 nitrogen and oxygen atoms in total. The first kappa shape index (κ1) is 12.6. The Balaban J connectivity index is 2.62. The Labute approximate surface area is 107 Å². The number of benzene rings is 2. The van der Waals surface area contributed by atoms with Gasteiger partial charge in [0.15, 0.2) is 0 Å². The van der Waals surface area contributed by atoms with Gasteiger partial charge >= 0.3 is 5.97 Å². The molecule has 2 aromatic carbocycles. The van der Waals surface area contributed by atoms with E-state index in [0.29, 0.717) is 0 Å². The molecule has 1 atom stereocenters. The van der Waals surface area contributed by atoms with E-state index in [0.717, 1.165) is 16.3 Å². The Kier molecular flexibility index (Phi) is 3.12. The van der Waals surface area contributed by atoms with Gasteiger partial charge in [0, 0.05) is 0 Å². The summed E-state index contributed by atoms with van der Waals surface area (Å²) in [5.74, 6) is -0.732. The zero-order valence-corrected chi connectivity index (χ0v) is 11.0. The molecule has 0 aromatic heterocycles. The van der Waals surface area contributed by atoms with Gasteiger partial charge in [-0.05, 0) is 29.2 Å². The Bertz CT molecular complexity index is 586. The van der Waals surface area contributed by atoms with Gasteiger partial charge < -0.3 is 5.11 Å². The first-order valence-electron chi connectivity index (χ1n) is 6.19. The zero-order chi connectivity index (χ0) is 13.3. The Hall–Kier alpha value is -1.83. The van der Waals surface area contributed by atoms with E-state index in [1.165, 1.54) is 0 Å². The van der Waals surface area contributed by atoms with Crippen molar-refractivity contribution in [2.24, 2.45) is 5.92 Å². The van der Waals surface area contributed by atoms with Crippen LogP contribution in [0.15, 0.2) is 42.5 Å². The molecule has 0 heterocycles. The molecular formula is C16H18O2. The lowest BCUT2D eigenvalue weighted by molar-refractivity contribution is -0.145. The predicted molar refractivity (Wildman–Crippen MR) is 73.8 cm³/mol. The highest BCUT2D eigenvalue weighted by Crippen LogP contribution is 2.34. The van der Waals surface area contributed by atoms with Gasteiger partial charge in [-0.3, -0.25) is 4.79 Å². The number of aliphatic carboxylic acids is 1. The second kappa shape index (κ2) is 4.45. The summed E-state index contributed by atoms with van der Waals surface area (Å²) < 4.78 is 0. The van der Waals surface area contributed by atoms with E-state index in [1.54, 1.807) is 6.92 Å². The van der Waals surface area contributed by atoms with E-state index in [2.05, 4.69) is 0 Å². The SMILES string of the molecule is CC(C)C(C)(C(=O)O)c1ccc2ccccc2c1. The molecule has 2 heteroatoms. The highest BCUT2D eigenvalue weighted by molar-refractivity contribution is 5.87. The molecule has 18 heavy (non-hydrogen) atoms. The van der Waals surface area contributed by atoms with E-state index < -0.39 is 11.4 Å². The minimum atomic E-state index is -0.843. The zero-order valence-electron chi connectivity index (χ0n) is 11.0. The van der Waals surface area contributed by atoms with Crippen molar-refractivity contribution >= 4 is 16.7 Å². The molecule has 1 unspecified atom stereocenters. The lowest BCUT2D eigenvalue weighted by atomic mass is 9.73. The first-order chi connectivity index (χ1) is 8.46. The summed E-state index contributed by atoms with van der Waals surface area (Å²) in [5.41, 5.74) is 0.0213. The van der Waals surface area contributed by atoms with E-state index in [-0.39, 0.29) is 5.92 Å². The maximum atomic E-state index is 11.6. The fourth-order valence-corrected chi connectivity index (χ4v) is 2.22. The molecule has 0 spiro atoms. The van der Waals surface area contributed by atoms with Crippen LogP contribution in [0.3, 0.4) is 0 Å². The maximum absolute atomic E-state index is 11.6. The van der Waals surface area contributed by atoms with Gasteiger partial charge in [-0.25, -0.2) is 0 Å². The van der Waals surface area contributed by atoms with Crippen molar-refractivity contribution in [3.8, 4) is 0 Å². The molecule has 0 saturated heterocycles. The lowest BCUT2D eigenvalue weighted by Gasteiger charge is -2.29. The summed E-state index contributed by atoms with van der Waals surface area (Å²) in [6, 6.07) is 13.9. The molecule has 0 aliphatic carbocycles. The third kappa shape index (κ3) is 1.88. The standard InChI is InChI=1S/C16H18O2/c1-11(2)16(3,15(17)18)14-9-8-12-6-4-5-7-13(12)10-14/h4-11H,1-3H3,(H,17,18). The molecule has 2 aromatic rings. The minimum absolute atomic E-state index is 0.0381. The smallest absolute Gasteiger partial charge is 0.314 e. The summed E-state index contributed by atoms with van der Waals surface area (Å²) in [7, 11) is 0. The van der Waals surface area contributed by atoms with Crippen molar-refractivity contribution < 1.29 is 9.90 Å². The van der Waals surface area contributed by atoms with Crippen LogP contribution in [0.5, 0.6) is 0 Å². The Morgan fingerprint density at radius 2 is 1.72 bits per heavy atom. The second-order valence-corrected chi connectivity index (χ2v) is 5.22. The monoisotopic (exact) mass is 242 g/mol. The fraction of sp³-hybridized carbons (Fsp3) is 0.312. The van der Waals surface area contributed by atoms with E-state index in [1.807, 2.05) is 56.3 Å². The normalized spacial score (nSPS) is 14.7. The van der Waals surface area contributed by atoms with Crippen LogP contribution in [0.25, 0.3) is 10.8 Å². The van der Waals surface area contributed by atoms with Gasteiger partial charge in [0.05, 0.1) is 5.41 Å². The number of fused-ring (bicyclic) bond motifs is 1. The van der Waals surface area contributed by atoms with E-state index in [9.17, 15) is 9.90 Å². The average molecular weight is 242 g/mol. The molecule has 0 fully saturated rings. The van der Waals surface area contributed by atoms with Gasteiger partial charge in [-0.2, -0.15) is 0 Å². The molecule has 2 rings (SSSR count). The van der Waals surface area contributed by atoms with Crippen molar-refractivity contribution in [2.45, 2.75) is 26.2 Å². The van der Waals surface area contributed by atoms with Gasteiger partial charge in [-0.1, -0.05) is 56.3 Å². The number of carboxylic acids is 1. The molecule has 0 radical (unpaired) electrons. The predicted octanol–water partition coefficient (Wildman–Crippen LogP) is 3.84. The average Bonchev–Trinajstić information content (AvgIpc) is 2.36. The van der Waals surface area contributed by atoms with Crippen molar-refractivity contribution in [1.29, 1.82) is 0 Å². The summed E-state index contributed by atoms with van der Waals surface area (Å²) in [6.07, 6.45) is 0. The van der Waals surface area contributed by atoms with Crippen LogP contribution in [0.4, 0.5) is 0 Å². The number of carboxylic acid groups (broad SMARTS) is 1. The van der Waals surface area contributed by atoms with Crippen molar-refractivity contribution in [2.75, 3.05) is 0 Å². The number of hydrogen-bond acceptors (Lipinski definition) is 1. The van der Waals surface area contributed by atoms with Crippen LogP contribution >= 0.6 is 0 Å². The van der Waals surface area contributed by atoms with Gasteiger partial charge in [0.25, 0.3) is 0 Å². The molecule has 0 bridgehead atoms. The summed E-state index contributed by atoms with van der Waals surface area (Å²) >= 11 is 0. The fourth-order valence-electron chi connectivity index (χ4n) is 2.22. The third-order valence-electron chi connectivity index (χ3n) is 3.95. The summed E-state index contributed by atoms with van der Waals surface area (Å²) in [6.45, 7) is 5.69. The Morgan fingerprint density at radius 3 is 2.28 bits per heavy atom. The second-order valence-electron chi connectivity index (χ2n) is 5.22. The molecule has 1 N–H and O–H groups in total. The van der Waals surface area contributed by atoms with Gasteiger partial charge in [-0.15, -0.1) is 0 Å². The van der Waals surface area contributed by atoms with E-state index in [4.69, 9.17) is 0 Å². The molecule has 0 amide bonds.